The highest BCUT2D eigenvalue weighted by molar-refractivity contribution is 8.27. The van der Waals surface area contributed by atoms with Crippen LogP contribution in [-0.4, -0.2) is 45.2 Å². The van der Waals surface area contributed by atoms with Gasteiger partial charge in [-0.15, -0.1) is 0 Å². The quantitative estimate of drug-likeness (QED) is 0.283. The van der Waals surface area contributed by atoms with E-state index < -0.39 is 5.91 Å². The molecule has 2 aliphatic rings. The van der Waals surface area contributed by atoms with Gasteiger partial charge in [0.05, 0.1) is 5.57 Å². The Morgan fingerprint density at radius 1 is 1.05 bits per heavy atom. The number of pyridine rings is 1. The topological polar surface area (TPSA) is 100 Å². The Hall–Kier alpha value is -4.24. The predicted molar refractivity (Wildman–Crippen MR) is 151 cm³/mol. The summed E-state index contributed by atoms with van der Waals surface area (Å²) in [4.78, 5) is 21.0. The van der Waals surface area contributed by atoms with E-state index >= 15 is 0 Å². The molecule has 0 aliphatic carbocycles. The van der Waals surface area contributed by atoms with E-state index in [9.17, 15) is 4.79 Å². The average Bonchev–Trinajstić information content (AvgIpc) is 3.38. The molecule has 192 valence electrons. The third-order valence-electron chi connectivity index (χ3n) is 6.23. The van der Waals surface area contributed by atoms with Crippen LogP contribution in [0.1, 0.15) is 42.9 Å². The van der Waals surface area contributed by atoms with Crippen molar-refractivity contribution in [3.8, 4) is 11.5 Å². The van der Waals surface area contributed by atoms with Crippen molar-refractivity contribution in [2.75, 3.05) is 13.2 Å². The first-order valence-electron chi connectivity index (χ1n) is 12.4. The lowest BCUT2D eigenvalue weighted by Crippen LogP contribution is -2.35. The average molecular weight is 526 g/mol. The number of para-hydroxylation sites is 1. The fourth-order valence-electron chi connectivity index (χ4n) is 3.98. The van der Waals surface area contributed by atoms with Gasteiger partial charge in [-0.25, -0.2) is 0 Å². The number of fused-ring (bicyclic) bond motifs is 1. The van der Waals surface area contributed by atoms with Crippen LogP contribution in [0.15, 0.2) is 88.7 Å². The van der Waals surface area contributed by atoms with Crippen molar-refractivity contribution in [1.29, 1.82) is 5.41 Å². The Morgan fingerprint density at radius 2 is 1.84 bits per heavy atom. The van der Waals surface area contributed by atoms with Gasteiger partial charge < -0.3 is 9.47 Å². The summed E-state index contributed by atoms with van der Waals surface area (Å²) in [5.74, 6) is 1.54. The Morgan fingerprint density at radius 3 is 2.61 bits per heavy atom. The molecule has 0 saturated heterocycles. The highest BCUT2D eigenvalue weighted by Crippen LogP contribution is 2.31. The van der Waals surface area contributed by atoms with E-state index in [1.807, 2.05) is 54.6 Å². The van der Waals surface area contributed by atoms with Crippen molar-refractivity contribution in [3.63, 3.8) is 0 Å². The van der Waals surface area contributed by atoms with E-state index in [2.05, 4.69) is 35.0 Å². The van der Waals surface area contributed by atoms with E-state index in [0.717, 1.165) is 23.3 Å². The molecule has 9 heteroatoms. The Labute approximate surface area is 225 Å². The third-order valence-corrected chi connectivity index (χ3v) is 7.18. The maximum atomic E-state index is 12.7. The molecule has 0 saturated carbocycles. The van der Waals surface area contributed by atoms with Gasteiger partial charge in [0.15, 0.2) is 5.84 Å². The molecule has 1 unspecified atom stereocenters. The van der Waals surface area contributed by atoms with Crippen LogP contribution in [0.3, 0.4) is 0 Å². The Kier molecular flexibility index (Phi) is 7.65. The van der Waals surface area contributed by atoms with Gasteiger partial charge in [0.25, 0.3) is 5.91 Å². The fourth-order valence-corrected chi connectivity index (χ4v) is 4.86. The van der Waals surface area contributed by atoms with Crippen LogP contribution >= 0.6 is 11.8 Å². The van der Waals surface area contributed by atoms with Gasteiger partial charge in [-0.3, -0.25) is 15.2 Å². The van der Waals surface area contributed by atoms with Crippen LogP contribution in [-0.2, 0) is 4.79 Å². The number of nitrogens with one attached hydrogen (secondary N) is 1. The summed E-state index contributed by atoms with van der Waals surface area (Å²) >= 11 is 1.25. The standard InChI is InChI=1S/C29H27N5O3S/c1-3-19(2)23-8-4-5-9-25(23)37-16-15-36-22-12-10-20(11-13-22)17-24-26(30)34-29(32-27(24)35)38-28(33-34)21-7-6-14-31-18-21/h4-14,17-19,30H,3,15-16H2,1-2H3/b24-17-,30-26?. The zero-order chi connectivity index (χ0) is 26.5. The molecule has 1 aromatic heterocycles. The molecule has 5 rings (SSSR count). The lowest BCUT2D eigenvalue weighted by Gasteiger charge is -2.20. The normalized spacial score (nSPS) is 16.7. The highest BCUT2D eigenvalue weighted by atomic mass is 32.2. The minimum absolute atomic E-state index is 0.0125. The van der Waals surface area contributed by atoms with Gasteiger partial charge in [0, 0.05) is 18.0 Å². The summed E-state index contributed by atoms with van der Waals surface area (Å²) in [6.45, 7) is 5.20. The second-order valence-corrected chi connectivity index (χ2v) is 9.74. The molecule has 1 N–H and O–H groups in total. The first kappa shape index (κ1) is 25.4. The van der Waals surface area contributed by atoms with Crippen molar-refractivity contribution in [3.05, 3.63) is 95.3 Å². The lowest BCUT2D eigenvalue weighted by atomic mass is 9.98. The van der Waals surface area contributed by atoms with Crippen LogP contribution in [0, 0.1) is 5.41 Å². The van der Waals surface area contributed by atoms with Crippen LogP contribution in [0.2, 0.25) is 0 Å². The van der Waals surface area contributed by atoms with Gasteiger partial charge >= 0.3 is 0 Å². The number of hydrogen-bond acceptors (Lipinski definition) is 7. The number of carbonyl (C=O) groups is 1. The van der Waals surface area contributed by atoms with Crippen molar-refractivity contribution in [2.24, 2.45) is 10.1 Å². The summed E-state index contributed by atoms with van der Waals surface area (Å²) in [6.07, 6.45) is 6.06. The molecule has 0 bridgehead atoms. The van der Waals surface area contributed by atoms with E-state index in [-0.39, 0.29) is 11.4 Å². The summed E-state index contributed by atoms with van der Waals surface area (Å²) in [5.41, 5.74) is 2.94. The molecule has 0 radical (unpaired) electrons. The molecular weight excluding hydrogens is 498 g/mol. The van der Waals surface area contributed by atoms with E-state index in [0.29, 0.717) is 35.1 Å². The van der Waals surface area contributed by atoms with Gasteiger partial charge in [0.1, 0.15) is 29.8 Å². The van der Waals surface area contributed by atoms with E-state index in [1.54, 1.807) is 18.5 Å². The van der Waals surface area contributed by atoms with Gasteiger partial charge in [0.2, 0.25) is 5.17 Å². The molecule has 38 heavy (non-hydrogen) atoms. The number of carbonyl (C=O) groups excluding carboxylic acids is 1. The molecule has 0 spiro atoms. The molecule has 2 aromatic carbocycles. The number of benzene rings is 2. The Balaban J connectivity index is 1.20. The highest BCUT2D eigenvalue weighted by Gasteiger charge is 2.36. The summed E-state index contributed by atoms with van der Waals surface area (Å²) < 4.78 is 11.8. The summed E-state index contributed by atoms with van der Waals surface area (Å²) in [7, 11) is 0. The zero-order valence-electron chi connectivity index (χ0n) is 21.1. The number of amides is 1. The van der Waals surface area contributed by atoms with E-state index in [1.165, 1.54) is 22.3 Å². The predicted octanol–water partition coefficient (Wildman–Crippen LogP) is 5.72. The van der Waals surface area contributed by atoms with Crippen LogP contribution in [0.4, 0.5) is 0 Å². The number of nitrogens with zero attached hydrogens (tertiary/aromatic N) is 4. The first-order valence-corrected chi connectivity index (χ1v) is 13.2. The number of aliphatic imine (C=N–C) groups is 1. The largest absolute Gasteiger partial charge is 0.490 e. The number of thioether (sulfide) groups is 1. The molecule has 8 nitrogen and oxygen atoms in total. The van der Waals surface area contributed by atoms with Crippen LogP contribution < -0.4 is 9.47 Å². The second kappa shape index (κ2) is 11.4. The van der Waals surface area contributed by atoms with Crippen molar-refractivity contribution in [2.45, 2.75) is 26.2 Å². The minimum atomic E-state index is -0.466. The molecular formula is C29H27N5O3S. The zero-order valence-corrected chi connectivity index (χ0v) is 21.9. The maximum absolute atomic E-state index is 12.7. The van der Waals surface area contributed by atoms with Crippen molar-refractivity contribution < 1.29 is 14.3 Å². The molecule has 1 amide bonds. The molecule has 2 aliphatic heterocycles. The number of ether oxygens (including phenoxy) is 2. The molecule has 1 atom stereocenters. The SMILES string of the molecule is CCC(C)c1ccccc1OCCOc1ccc(/C=C2/C(=N)N3N=C(c4cccnc4)SC3=NC2=O)cc1. The van der Waals surface area contributed by atoms with Gasteiger partial charge in [-0.05, 0) is 71.6 Å². The number of amidine groups is 2. The van der Waals surface area contributed by atoms with Crippen LogP contribution in [0.25, 0.3) is 6.08 Å². The van der Waals surface area contributed by atoms with Gasteiger partial charge in [-0.2, -0.15) is 15.1 Å². The number of hydrazone groups is 1. The Bertz CT molecular complexity index is 1430. The summed E-state index contributed by atoms with van der Waals surface area (Å²) in [5, 5.41) is 15.4. The number of hydrogen-bond donors (Lipinski definition) is 1. The number of aromatic nitrogens is 1. The van der Waals surface area contributed by atoms with Crippen LogP contribution in [0.5, 0.6) is 11.5 Å². The van der Waals surface area contributed by atoms with Crippen molar-refractivity contribution >= 4 is 39.8 Å². The number of rotatable bonds is 9. The summed E-state index contributed by atoms with van der Waals surface area (Å²) in [6, 6.07) is 19.1. The minimum Gasteiger partial charge on any atom is -0.490 e. The van der Waals surface area contributed by atoms with Crippen molar-refractivity contribution in [1.82, 2.24) is 9.99 Å². The second-order valence-electron chi connectivity index (χ2n) is 8.78. The first-order chi connectivity index (χ1) is 18.5. The fraction of sp³-hybridized carbons (Fsp3) is 0.207. The molecule has 3 aromatic rings. The van der Waals surface area contributed by atoms with E-state index in [4.69, 9.17) is 14.9 Å². The smallest absolute Gasteiger partial charge is 0.283 e. The monoisotopic (exact) mass is 525 g/mol. The van der Waals surface area contributed by atoms with Gasteiger partial charge in [-0.1, -0.05) is 44.2 Å². The third kappa shape index (κ3) is 5.52. The maximum Gasteiger partial charge on any atom is 0.283 e. The molecule has 0 fully saturated rings. The lowest BCUT2D eigenvalue weighted by molar-refractivity contribution is -0.114. The molecule has 3 heterocycles.